The highest BCUT2D eigenvalue weighted by atomic mass is 32.1. The standard InChI is InChI=1S/C15H18N4OS/c1-10(14(20)16-15-18-17-11(2)21-15)19-8-7-12-5-3-4-6-13(12)9-19/h3-6,10H,7-9H2,1-2H3,(H,16,18,20)/t10-/m0/s1. The van der Waals surface area contributed by atoms with Crippen LogP contribution in [0.3, 0.4) is 0 Å². The summed E-state index contributed by atoms with van der Waals surface area (Å²) in [5.41, 5.74) is 2.70. The average Bonchev–Trinajstić information content (AvgIpc) is 2.91. The summed E-state index contributed by atoms with van der Waals surface area (Å²) in [5, 5.41) is 12.1. The first-order valence-electron chi connectivity index (χ1n) is 7.05. The van der Waals surface area contributed by atoms with E-state index in [1.807, 2.05) is 13.8 Å². The molecule has 0 saturated carbocycles. The van der Waals surface area contributed by atoms with E-state index in [1.54, 1.807) is 0 Å². The summed E-state index contributed by atoms with van der Waals surface area (Å²) in [4.78, 5) is 14.5. The topological polar surface area (TPSA) is 58.1 Å². The fourth-order valence-corrected chi connectivity index (χ4v) is 3.17. The number of carbonyl (C=O) groups excluding carboxylic acids is 1. The fourth-order valence-electron chi connectivity index (χ4n) is 2.57. The number of amides is 1. The largest absolute Gasteiger partial charge is 0.299 e. The molecule has 0 bridgehead atoms. The molecule has 0 fully saturated rings. The van der Waals surface area contributed by atoms with Gasteiger partial charge < -0.3 is 0 Å². The molecule has 5 nitrogen and oxygen atoms in total. The van der Waals surface area contributed by atoms with Crippen LogP contribution in [-0.2, 0) is 17.8 Å². The lowest BCUT2D eigenvalue weighted by Gasteiger charge is -2.32. The zero-order chi connectivity index (χ0) is 14.8. The van der Waals surface area contributed by atoms with Gasteiger partial charge in [0.2, 0.25) is 11.0 Å². The van der Waals surface area contributed by atoms with E-state index >= 15 is 0 Å². The van der Waals surface area contributed by atoms with Gasteiger partial charge in [-0.15, -0.1) is 10.2 Å². The number of aryl methyl sites for hydroxylation is 1. The highest BCUT2D eigenvalue weighted by Crippen LogP contribution is 2.21. The van der Waals surface area contributed by atoms with E-state index in [0.29, 0.717) is 5.13 Å². The Morgan fingerprint density at radius 1 is 1.33 bits per heavy atom. The summed E-state index contributed by atoms with van der Waals surface area (Å²) in [5.74, 6) is -0.0227. The van der Waals surface area contributed by atoms with Gasteiger partial charge in [0.25, 0.3) is 0 Å². The summed E-state index contributed by atoms with van der Waals surface area (Å²) in [6.45, 7) is 5.54. The third-order valence-electron chi connectivity index (χ3n) is 3.84. The molecule has 1 aromatic carbocycles. The van der Waals surface area contributed by atoms with Crippen LogP contribution in [0.5, 0.6) is 0 Å². The van der Waals surface area contributed by atoms with Crippen LogP contribution < -0.4 is 5.32 Å². The predicted octanol–water partition coefficient (Wildman–Crippen LogP) is 2.23. The molecule has 3 rings (SSSR count). The van der Waals surface area contributed by atoms with Crippen molar-refractivity contribution in [2.75, 3.05) is 11.9 Å². The van der Waals surface area contributed by atoms with Crippen LogP contribution in [0.2, 0.25) is 0 Å². The van der Waals surface area contributed by atoms with Crippen molar-refractivity contribution >= 4 is 22.4 Å². The molecule has 2 heterocycles. The number of fused-ring (bicyclic) bond motifs is 1. The second-order valence-corrected chi connectivity index (χ2v) is 6.46. The molecule has 110 valence electrons. The molecular weight excluding hydrogens is 284 g/mol. The molecule has 6 heteroatoms. The Hall–Kier alpha value is -1.79. The number of hydrogen-bond donors (Lipinski definition) is 1. The van der Waals surface area contributed by atoms with Gasteiger partial charge in [-0.1, -0.05) is 35.6 Å². The lowest BCUT2D eigenvalue weighted by molar-refractivity contribution is -0.121. The molecule has 0 aliphatic carbocycles. The molecule has 0 radical (unpaired) electrons. The second-order valence-electron chi connectivity index (χ2n) is 5.28. The molecular formula is C15H18N4OS. The number of hydrogen-bond acceptors (Lipinski definition) is 5. The third-order valence-corrected chi connectivity index (χ3v) is 4.60. The number of carbonyl (C=O) groups is 1. The van der Waals surface area contributed by atoms with Gasteiger partial charge in [-0.25, -0.2) is 0 Å². The Kier molecular flexibility index (Phi) is 3.98. The Morgan fingerprint density at radius 2 is 2.10 bits per heavy atom. The second kappa shape index (κ2) is 5.91. The SMILES string of the molecule is Cc1nnc(NC(=O)[C@H](C)N2CCc3ccccc3C2)s1. The maximum absolute atomic E-state index is 12.3. The van der Waals surface area contributed by atoms with Crippen LogP contribution >= 0.6 is 11.3 Å². The van der Waals surface area contributed by atoms with Gasteiger partial charge in [-0.2, -0.15) is 0 Å². The van der Waals surface area contributed by atoms with E-state index in [0.717, 1.165) is 24.5 Å². The first kappa shape index (κ1) is 14.2. The minimum atomic E-state index is -0.178. The maximum Gasteiger partial charge on any atom is 0.243 e. The van der Waals surface area contributed by atoms with Crippen molar-refractivity contribution < 1.29 is 4.79 Å². The van der Waals surface area contributed by atoms with Crippen molar-refractivity contribution in [3.63, 3.8) is 0 Å². The quantitative estimate of drug-likeness (QED) is 0.944. The molecule has 1 atom stereocenters. The molecule has 2 aromatic rings. The first-order chi connectivity index (χ1) is 10.1. The summed E-state index contributed by atoms with van der Waals surface area (Å²) in [6.07, 6.45) is 0.992. The Bertz CT molecular complexity index is 655. The van der Waals surface area contributed by atoms with Gasteiger partial charge in [0.15, 0.2) is 0 Å². The lowest BCUT2D eigenvalue weighted by Crippen LogP contribution is -2.44. The summed E-state index contributed by atoms with van der Waals surface area (Å²) in [7, 11) is 0. The molecule has 1 aliphatic rings. The number of benzene rings is 1. The highest BCUT2D eigenvalue weighted by molar-refractivity contribution is 7.15. The van der Waals surface area contributed by atoms with Crippen molar-refractivity contribution in [3.05, 3.63) is 40.4 Å². The predicted molar refractivity (Wildman–Crippen MR) is 83.3 cm³/mol. The van der Waals surface area contributed by atoms with Gasteiger partial charge in [0.05, 0.1) is 6.04 Å². The average molecular weight is 302 g/mol. The molecule has 21 heavy (non-hydrogen) atoms. The van der Waals surface area contributed by atoms with E-state index in [2.05, 4.69) is 44.7 Å². The normalized spacial score (nSPS) is 16.3. The van der Waals surface area contributed by atoms with E-state index in [4.69, 9.17) is 0 Å². The lowest BCUT2D eigenvalue weighted by atomic mass is 9.99. The molecule has 1 amide bonds. The summed E-state index contributed by atoms with van der Waals surface area (Å²) >= 11 is 1.40. The highest BCUT2D eigenvalue weighted by Gasteiger charge is 2.25. The first-order valence-corrected chi connectivity index (χ1v) is 7.87. The van der Waals surface area contributed by atoms with Crippen molar-refractivity contribution in [1.29, 1.82) is 0 Å². The van der Waals surface area contributed by atoms with E-state index in [9.17, 15) is 4.79 Å². The van der Waals surface area contributed by atoms with Crippen LogP contribution in [0.4, 0.5) is 5.13 Å². The molecule has 0 saturated heterocycles. The number of rotatable bonds is 3. The summed E-state index contributed by atoms with van der Waals surface area (Å²) < 4.78 is 0. The van der Waals surface area contributed by atoms with Gasteiger partial charge in [-0.05, 0) is 31.4 Å². The van der Waals surface area contributed by atoms with Crippen molar-refractivity contribution in [3.8, 4) is 0 Å². The smallest absolute Gasteiger partial charge is 0.243 e. The monoisotopic (exact) mass is 302 g/mol. The van der Waals surface area contributed by atoms with E-state index in [1.165, 1.54) is 22.5 Å². The minimum absolute atomic E-state index is 0.0227. The fraction of sp³-hybridized carbons (Fsp3) is 0.400. The van der Waals surface area contributed by atoms with Crippen LogP contribution in [0.1, 0.15) is 23.1 Å². The van der Waals surface area contributed by atoms with Crippen LogP contribution in [0, 0.1) is 6.92 Å². The number of nitrogens with one attached hydrogen (secondary N) is 1. The van der Waals surface area contributed by atoms with Crippen molar-refractivity contribution in [2.24, 2.45) is 0 Å². The van der Waals surface area contributed by atoms with Gasteiger partial charge in [0, 0.05) is 13.1 Å². The van der Waals surface area contributed by atoms with Crippen LogP contribution in [0.15, 0.2) is 24.3 Å². The number of anilines is 1. The number of nitrogens with zero attached hydrogens (tertiary/aromatic N) is 3. The van der Waals surface area contributed by atoms with Gasteiger partial charge >= 0.3 is 0 Å². The van der Waals surface area contributed by atoms with Gasteiger partial charge in [-0.3, -0.25) is 15.0 Å². The van der Waals surface area contributed by atoms with Crippen LogP contribution in [0.25, 0.3) is 0 Å². The van der Waals surface area contributed by atoms with E-state index < -0.39 is 0 Å². The number of aromatic nitrogens is 2. The van der Waals surface area contributed by atoms with Crippen molar-refractivity contribution in [1.82, 2.24) is 15.1 Å². The third kappa shape index (κ3) is 3.11. The Morgan fingerprint density at radius 3 is 2.81 bits per heavy atom. The van der Waals surface area contributed by atoms with Gasteiger partial charge in [0.1, 0.15) is 5.01 Å². The molecule has 0 unspecified atom stereocenters. The maximum atomic E-state index is 12.3. The molecule has 1 N–H and O–H groups in total. The molecule has 1 aromatic heterocycles. The molecule has 0 spiro atoms. The van der Waals surface area contributed by atoms with Crippen molar-refractivity contribution in [2.45, 2.75) is 32.9 Å². The van der Waals surface area contributed by atoms with Crippen LogP contribution in [-0.4, -0.2) is 33.6 Å². The van der Waals surface area contributed by atoms with E-state index in [-0.39, 0.29) is 11.9 Å². The zero-order valence-corrected chi connectivity index (χ0v) is 13.0. The summed E-state index contributed by atoms with van der Waals surface area (Å²) in [6, 6.07) is 8.25. The zero-order valence-electron chi connectivity index (χ0n) is 12.2. The molecule has 1 aliphatic heterocycles. The Labute approximate surface area is 128 Å². The Balaban J connectivity index is 1.66. The minimum Gasteiger partial charge on any atom is -0.299 e.